The maximum absolute atomic E-state index is 13.9. The first-order valence-electron chi connectivity index (χ1n) is 12.4. The second-order valence-corrected chi connectivity index (χ2v) is 10.2. The maximum Gasteiger partial charge on any atom is 0.418 e. The van der Waals surface area contributed by atoms with Crippen molar-refractivity contribution in [2.75, 3.05) is 0 Å². The molecular formula is C25H18ClF8N7O3. The molecule has 2 N–H and O–H groups in total. The van der Waals surface area contributed by atoms with E-state index in [0.717, 1.165) is 18.5 Å². The van der Waals surface area contributed by atoms with Gasteiger partial charge < -0.3 is 10.4 Å². The van der Waals surface area contributed by atoms with Gasteiger partial charge in [0.1, 0.15) is 12.9 Å². The second kappa shape index (κ2) is 11.0. The highest BCUT2D eigenvalue weighted by Crippen LogP contribution is 2.42. The van der Waals surface area contributed by atoms with Crippen molar-refractivity contribution in [3.8, 4) is 17.1 Å². The number of rotatable bonds is 8. The van der Waals surface area contributed by atoms with Gasteiger partial charge >= 0.3 is 18.0 Å². The molecule has 2 aromatic carbocycles. The Morgan fingerprint density at radius 3 is 2.34 bits per heavy atom. The first-order valence-corrected chi connectivity index (χ1v) is 12.8. The normalized spacial score (nSPS) is 17.0. The Hall–Kier alpha value is -4.32. The molecule has 1 unspecified atom stereocenters. The fourth-order valence-corrected chi connectivity index (χ4v) is 4.34. The zero-order valence-corrected chi connectivity index (χ0v) is 22.5. The van der Waals surface area contributed by atoms with Gasteiger partial charge in [-0.25, -0.2) is 27.9 Å². The highest BCUT2D eigenvalue weighted by Gasteiger charge is 2.58. The van der Waals surface area contributed by atoms with Crippen molar-refractivity contribution in [1.29, 1.82) is 0 Å². The molecular weight excluding hydrogens is 634 g/mol. The number of hydrogen-bond donors (Lipinski definition) is 2. The zero-order valence-electron chi connectivity index (χ0n) is 21.7. The summed E-state index contributed by atoms with van der Waals surface area (Å²) in [5.74, 6) is -5.08. The maximum atomic E-state index is 13.9. The molecule has 1 fully saturated rings. The fraction of sp³-hybridized carbons (Fsp3) is 0.320. The van der Waals surface area contributed by atoms with Crippen LogP contribution in [0.3, 0.4) is 0 Å². The summed E-state index contributed by atoms with van der Waals surface area (Å²) in [4.78, 5) is 29.7. The van der Waals surface area contributed by atoms with Crippen LogP contribution in [-0.2, 0) is 19.3 Å². The zero-order chi connectivity index (χ0) is 32.2. The summed E-state index contributed by atoms with van der Waals surface area (Å²) in [6.07, 6.45) is -13.0. The number of carbonyl (C=O) groups excluding carboxylic acids is 1. The van der Waals surface area contributed by atoms with E-state index in [9.17, 15) is 49.8 Å². The Balaban J connectivity index is 1.52. The lowest BCUT2D eigenvalue weighted by molar-refractivity contribution is -0.207. The SMILES string of the molecule is O=C(NC1CC1(F)F)c1cccc(C(F)(F)F)c1-n1cnc(Cn2nc(-c3ccc(Cl)cc3)n(C[C@H](O)C(F)(F)F)c2=O)n1. The molecule has 10 nitrogen and oxygen atoms in total. The molecule has 2 aromatic heterocycles. The van der Waals surface area contributed by atoms with Crippen LogP contribution >= 0.6 is 11.6 Å². The molecule has 1 saturated carbocycles. The van der Waals surface area contributed by atoms with Crippen molar-refractivity contribution in [1.82, 2.24) is 34.4 Å². The molecule has 1 amide bonds. The minimum Gasteiger partial charge on any atom is -0.382 e. The van der Waals surface area contributed by atoms with Gasteiger partial charge in [-0.2, -0.15) is 26.3 Å². The van der Waals surface area contributed by atoms with Gasteiger partial charge in [-0.15, -0.1) is 10.2 Å². The summed E-state index contributed by atoms with van der Waals surface area (Å²) in [6.45, 7) is -1.90. The number of nitrogens with one attached hydrogen (secondary N) is 1. The summed E-state index contributed by atoms with van der Waals surface area (Å²) >= 11 is 5.86. The summed E-state index contributed by atoms with van der Waals surface area (Å²) in [6, 6.07) is 6.43. The molecule has 0 spiro atoms. The second-order valence-electron chi connectivity index (χ2n) is 9.73. The van der Waals surface area contributed by atoms with Gasteiger partial charge in [-0.3, -0.25) is 9.36 Å². The standard InChI is InChI=1S/C25H18ClF8N7O3/c26-13-6-4-12(5-7-13)20-38-40(22(44)39(20)9-17(42)25(32,33)34)10-18-35-11-41(37-18)19-14(2-1-3-15(19)24(29,30)31)21(43)36-16-8-23(16,27)28/h1-7,11,16-17,42H,8-10H2,(H,36,43)/t16?,17-/m0/s1. The van der Waals surface area contributed by atoms with Crippen molar-refractivity contribution >= 4 is 17.5 Å². The van der Waals surface area contributed by atoms with Crippen LogP contribution < -0.4 is 11.0 Å². The highest BCUT2D eigenvalue weighted by molar-refractivity contribution is 6.30. The van der Waals surface area contributed by atoms with Crippen molar-refractivity contribution < 1.29 is 45.0 Å². The number of hydrogen-bond acceptors (Lipinski definition) is 6. The number of alkyl halides is 8. The third kappa shape index (κ3) is 6.30. The molecule has 4 aromatic rings. The van der Waals surface area contributed by atoms with Crippen molar-refractivity contribution in [3.05, 3.63) is 81.3 Å². The topological polar surface area (TPSA) is 120 Å². The third-order valence-electron chi connectivity index (χ3n) is 6.54. The number of aliphatic hydroxyl groups is 1. The van der Waals surface area contributed by atoms with Gasteiger partial charge in [0.15, 0.2) is 17.8 Å². The van der Waals surface area contributed by atoms with Gasteiger partial charge in [0, 0.05) is 17.0 Å². The van der Waals surface area contributed by atoms with Crippen LogP contribution in [0.2, 0.25) is 5.02 Å². The van der Waals surface area contributed by atoms with Gasteiger partial charge in [0.25, 0.3) is 11.8 Å². The number of halogens is 9. The lowest BCUT2D eigenvalue weighted by Crippen LogP contribution is -2.37. The molecule has 0 radical (unpaired) electrons. The lowest BCUT2D eigenvalue weighted by atomic mass is 10.1. The first kappa shape index (κ1) is 31.1. The minimum absolute atomic E-state index is 0.147. The number of aliphatic hydroxyl groups excluding tert-OH is 1. The predicted molar refractivity (Wildman–Crippen MR) is 135 cm³/mol. The van der Waals surface area contributed by atoms with Crippen LogP contribution in [0.25, 0.3) is 17.1 Å². The smallest absolute Gasteiger partial charge is 0.382 e. The Labute approximate surface area is 245 Å². The molecule has 0 aliphatic heterocycles. The van der Waals surface area contributed by atoms with E-state index in [4.69, 9.17) is 11.6 Å². The van der Waals surface area contributed by atoms with Crippen LogP contribution in [0.1, 0.15) is 28.2 Å². The van der Waals surface area contributed by atoms with E-state index in [2.05, 4.69) is 15.2 Å². The Kier molecular flexibility index (Phi) is 7.77. The van der Waals surface area contributed by atoms with Crippen molar-refractivity contribution in [2.24, 2.45) is 0 Å². The van der Waals surface area contributed by atoms with E-state index < -0.39 is 78.3 Å². The monoisotopic (exact) mass is 651 g/mol. The molecule has 44 heavy (non-hydrogen) atoms. The molecule has 0 bridgehead atoms. The van der Waals surface area contributed by atoms with Crippen molar-refractivity contribution in [2.45, 2.75) is 49.9 Å². The molecule has 2 heterocycles. The van der Waals surface area contributed by atoms with Crippen molar-refractivity contribution in [3.63, 3.8) is 0 Å². The van der Waals surface area contributed by atoms with E-state index in [1.165, 1.54) is 24.3 Å². The lowest BCUT2D eigenvalue weighted by Gasteiger charge is -2.16. The van der Waals surface area contributed by atoms with Crippen LogP contribution in [0.15, 0.2) is 53.6 Å². The molecule has 1 aliphatic rings. The predicted octanol–water partition coefficient (Wildman–Crippen LogP) is 4.07. The Morgan fingerprint density at radius 2 is 1.75 bits per heavy atom. The van der Waals surface area contributed by atoms with E-state index in [1.807, 2.05) is 5.32 Å². The van der Waals surface area contributed by atoms with Gasteiger partial charge in [0.05, 0.1) is 29.4 Å². The van der Waals surface area contributed by atoms with Gasteiger partial charge in [0.2, 0.25) is 0 Å². The van der Waals surface area contributed by atoms with Crippen LogP contribution in [0, 0.1) is 0 Å². The van der Waals surface area contributed by atoms with Crippen LogP contribution in [0.4, 0.5) is 35.1 Å². The van der Waals surface area contributed by atoms with Gasteiger partial charge in [-0.05, 0) is 36.4 Å². The Bertz CT molecular complexity index is 1760. The van der Waals surface area contributed by atoms with Crippen LogP contribution in [0.5, 0.6) is 0 Å². The van der Waals surface area contributed by atoms with E-state index >= 15 is 0 Å². The summed E-state index contributed by atoms with van der Waals surface area (Å²) in [7, 11) is 0. The Morgan fingerprint density at radius 1 is 1.09 bits per heavy atom. The summed E-state index contributed by atoms with van der Waals surface area (Å²) in [5, 5.41) is 19.8. The molecule has 234 valence electrons. The summed E-state index contributed by atoms with van der Waals surface area (Å²) in [5.41, 5.74) is -3.83. The van der Waals surface area contributed by atoms with E-state index in [0.29, 0.717) is 20.0 Å². The van der Waals surface area contributed by atoms with Crippen LogP contribution in [-0.4, -0.2) is 64.4 Å². The number of aromatic nitrogens is 6. The molecule has 19 heteroatoms. The van der Waals surface area contributed by atoms with E-state index in [-0.39, 0.29) is 22.2 Å². The quantitative estimate of drug-likeness (QED) is 0.277. The average molecular weight is 652 g/mol. The van der Waals surface area contributed by atoms with Gasteiger partial charge in [-0.1, -0.05) is 17.7 Å². The number of nitrogens with zero attached hydrogens (tertiary/aromatic N) is 6. The molecule has 1 aliphatic carbocycles. The fourth-order valence-electron chi connectivity index (χ4n) is 4.22. The molecule has 2 atom stereocenters. The number of amides is 1. The van der Waals surface area contributed by atoms with E-state index in [1.54, 1.807) is 0 Å². The highest BCUT2D eigenvalue weighted by atomic mass is 35.5. The third-order valence-corrected chi connectivity index (χ3v) is 6.79. The number of benzene rings is 2. The first-order chi connectivity index (χ1) is 20.5. The molecule has 0 saturated heterocycles. The largest absolute Gasteiger partial charge is 0.418 e. The average Bonchev–Trinajstić information content (AvgIpc) is 3.22. The number of para-hydroxylation sites is 1. The number of carbonyl (C=O) groups is 1. The summed E-state index contributed by atoms with van der Waals surface area (Å²) < 4.78 is 110. The molecule has 5 rings (SSSR count). The minimum atomic E-state index is -5.08.